The molecule has 0 atom stereocenters. The van der Waals surface area contributed by atoms with Gasteiger partial charge >= 0.3 is 0 Å². The van der Waals surface area contributed by atoms with E-state index in [1.807, 2.05) is 34.8 Å². The zero-order valence-corrected chi connectivity index (χ0v) is 18.4. The molecule has 0 N–H and O–H groups in total. The summed E-state index contributed by atoms with van der Waals surface area (Å²) in [5, 5.41) is 8.96. The number of rotatable bonds is 7. The average molecular weight is 408 g/mol. The minimum absolute atomic E-state index is 0.726. The second kappa shape index (κ2) is 9.25. The van der Waals surface area contributed by atoms with Gasteiger partial charge in [-0.2, -0.15) is 5.26 Å². The van der Waals surface area contributed by atoms with E-state index in [9.17, 15) is 0 Å². The Morgan fingerprint density at radius 2 is 1.61 bits per heavy atom. The van der Waals surface area contributed by atoms with Gasteiger partial charge in [0.2, 0.25) is 0 Å². The third kappa shape index (κ3) is 4.67. The number of thiophene rings is 2. The van der Waals surface area contributed by atoms with Crippen molar-refractivity contribution >= 4 is 32.1 Å². The second-order valence-corrected chi connectivity index (χ2v) is 10.6. The number of aryl methyl sites for hydroxylation is 1. The molecule has 2 aromatic heterocycles. The maximum Gasteiger partial charge on any atom is 0.0991 e. The van der Waals surface area contributed by atoms with Gasteiger partial charge in [-0.3, -0.25) is 0 Å². The highest BCUT2D eigenvalue weighted by Crippen LogP contribution is 2.40. The van der Waals surface area contributed by atoms with Crippen molar-refractivity contribution in [2.75, 3.05) is 0 Å². The third-order valence-corrected chi connectivity index (χ3v) is 8.69. The largest absolute Gasteiger partial charge is 0.192 e. The highest BCUT2D eigenvalue weighted by Gasteiger charge is 2.21. The molecule has 1 fully saturated rings. The molecule has 0 bridgehead atoms. The predicted octanol–water partition coefficient (Wildman–Crippen LogP) is 8.43. The number of hydrogen-bond acceptors (Lipinski definition) is 3. The first kappa shape index (κ1) is 19.7. The first-order valence-electron chi connectivity index (χ1n) is 10.8. The lowest BCUT2D eigenvalue weighted by molar-refractivity contribution is 0.250. The second-order valence-electron chi connectivity index (χ2n) is 8.31. The van der Waals surface area contributed by atoms with Crippen LogP contribution in [0.1, 0.15) is 68.7 Å². The van der Waals surface area contributed by atoms with Crippen LogP contribution in [-0.4, -0.2) is 0 Å². The lowest BCUT2D eigenvalue weighted by Crippen LogP contribution is -2.15. The molecule has 1 aliphatic carbocycles. The third-order valence-electron chi connectivity index (χ3n) is 6.29. The molecule has 4 rings (SSSR count). The normalized spacial score (nSPS) is 19.7. The van der Waals surface area contributed by atoms with Gasteiger partial charge in [-0.25, -0.2) is 0 Å². The van der Waals surface area contributed by atoms with E-state index in [1.54, 1.807) is 4.88 Å². The van der Waals surface area contributed by atoms with Crippen LogP contribution < -0.4 is 0 Å². The Balaban J connectivity index is 1.32. The van der Waals surface area contributed by atoms with Gasteiger partial charge in [-0.15, -0.1) is 22.7 Å². The molecule has 0 amide bonds. The lowest BCUT2D eigenvalue weighted by atomic mass is 9.78. The zero-order valence-electron chi connectivity index (χ0n) is 16.7. The zero-order chi connectivity index (χ0) is 19.3. The van der Waals surface area contributed by atoms with Crippen LogP contribution in [0.4, 0.5) is 0 Å². The van der Waals surface area contributed by atoms with Gasteiger partial charge in [0.25, 0.3) is 0 Å². The van der Waals surface area contributed by atoms with Gasteiger partial charge in [0.15, 0.2) is 0 Å². The molecule has 0 radical (unpaired) electrons. The number of nitrogens with zero attached hydrogens (tertiary/aromatic N) is 1. The van der Waals surface area contributed by atoms with E-state index in [0.717, 1.165) is 17.4 Å². The molecule has 1 saturated carbocycles. The van der Waals surface area contributed by atoms with Gasteiger partial charge in [0.1, 0.15) is 0 Å². The number of unbranched alkanes of at least 4 members (excludes halogenated alkanes) is 1. The minimum atomic E-state index is 0.726. The quantitative estimate of drug-likeness (QED) is 0.385. The summed E-state index contributed by atoms with van der Waals surface area (Å²) in [6, 6.07) is 14.9. The van der Waals surface area contributed by atoms with Gasteiger partial charge in [-0.1, -0.05) is 64.0 Å². The number of fused-ring (bicyclic) bond motifs is 1. The van der Waals surface area contributed by atoms with Crippen LogP contribution >= 0.6 is 22.7 Å². The molecule has 1 aliphatic rings. The van der Waals surface area contributed by atoms with Crippen molar-refractivity contribution in [1.82, 2.24) is 0 Å². The van der Waals surface area contributed by atoms with Crippen molar-refractivity contribution in [2.45, 2.75) is 64.7 Å². The number of nitriles is 1. The molecule has 146 valence electrons. The summed E-state index contributed by atoms with van der Waals surface area (Å²) in [4.78, 5) is 2.86. The first-order valence-corrected chi connectivity index (χ1v) is 12.4. The Bertz CT molecular complexity index is 902. The fourth-order valence-electron chi connectivity index (χ4n) is 4.51. The molecule has 0 aliphatic heterocycles. The predicted molar refractivity (Wildman–Crippen MR) is 123 cm³/mol. The topological polar surface area (TPSA) is 23.8 Å². The Hall–Kier alpha value is -1.63. The molecule has 0 unspecified atom stereocenters. The summed E-state index contributed by atoms with van der Waals surface area (Å²) in [7, 11) is 0. The van der Waals surface area contributed by atoms with Crippen molar-refractivity contribution in [3.63, 3.8) is 0 Å². The van der Waals surface area contributed by atoms with Crippen LogP contribution in [-0.2, 0) is 6.42 Å². The fraction of sp³-hybridized carbons (Fsp3) is 0.480. The van der Waals surface area contributed by atoms with E-state index in [4.69, 9.17) is 5.26 Å². The lowest BCUT2D eigenvalue weighted by Gasteiger charge is -2.28. The van der Waals surface area contributed by atoms with E-state index >= 15 is 0 Å². The standard InChI is InChI=1S/C25H29NS2/c1-2-3-4-18-5-7-19(8-6-18)11-14-22-15-24-25(27-22)16-23(28-24)21-12-9-20(17-26)10-13-21/h9-10,12-13,15-16,18-19H,2-8,11,14H2,1H3. The molecule has 28 heavy (non-hydrogen) atoms. The van der Waals surface area contributed by atoms with Crippen molar-refractivity contribution in [3.05, 3.63) is 46.8 Å². The van der Waals surface area contributed by atoms with Gasteiger partial charge in [0.05, 0.1) is 11.6 Å². The molecule has 1 nitrogen and oxygen atoms in total. The van der Waals surface area contributed by atoms with E-state index in [0.29, 0.717) is 0 Å². The molecule has 2 heterocycles. The number of hydrogen-bond donors (Lipinski definition) is 0. The van der Waals surface area contributed by atoms with Gasteiger partial charge in [0, 0.05) is 19.2 Å². The average Bonchev–Trinajstić information content (AvgIpc) is 3.30. The van der Waals surface area contributed by atoms with E-state index in [-0.39, 0.29) is 0 Å². The summed E-state index contributed by atoms with van der Waals surface area (Å²) in [6.07, 6.45) is 12.7. The molecule has 3 heteroatoms. The summed E-state index contributed by atoms with van der Waals surface area (Å²) >= 11 is 3.86. The SMILES string of the molecule is CCCCC1CCC(CCc2cc3sc(-c4ccc(C#N)cc4)cc3s2)CC1. The molecule has 1 aromatic carbocycles. The first-order chi connectivity index (χ1) is 13.7. The Morgan fingerprint density at radius 1 is 0.929 bits per heavy atom. The van der Waals surface area contributed by atoms with Crippen LogP contribution in [0, 0.1) is 23.2 Å². The fourth-order valence-corrected chi connectivity index (χ4v) is 6.95. The molecule has 0 saturated heterocycles. The van der Waals surface area contributed by atoms with Crippen LogP contribution in [0.25, 0.3) is 19.8 Å². The molecule has 0 spiro atoms. The monoisotopic (exact) mass is 407 g/mol. The van der Waals surface area contributed by atoms with Gasteiger partial charge in [-0.05, 0) is 54.5 Å². The number of benzene rings is 1. The van der Waals surface area contributed by atoms with Crippen LogP contribution in [0.3, 0.4) is 0 Å². The highest BCUT2D eigenvalue weighted by atomic mass is 32.1. The van der Waals surface area contributed by atoms with Crippen LogP contribution in [0.5, 0.6) is 0 Å². The Morgan fingerprint density at radius 3 is 2.25 bits per heavy atom. The van der Waals surface area contributed by atoms with E-state index < -0.39 is 0 Å². The summed E-state index contributed by atoms with van der Waals surface area (Å²) in [5.41, 5.74) is 1.94. The Labute approximate surface area is 177 Å². The smallest absolute Gasteiger partial charge is 0.0991 e. The summed E-state index contributed by atoms with van der Waals surface area (Å²) < 4.78 is 2.84. The molecular weight excluding hydrogens is 378 g/mol. The van der Waals surface area contributed by atoms with Crippen molar-refractivity contribution in [1.29, 1.82) is 5.26 Å². The summed E-state index contributed by atoms with van der Waals surface area (Å²) in [6.45, 7) is 2.31. The van der Waals surface area contributed by atoms with Gasteiger partial charge < -0.3 is 0 Å². The van der Waals surface area contributed by atoms with Crippen molar-refractivity contribution in [3.8, 4) is 16.5 Å². The van der Waals surface area contributed by atoms with Crippen LogP contribution in [0.2, 0.25) is 0 Å². The molecule has 3 aromatic rings. The maximum absolute atomic E-state index is 8.96. The maximum atomic E-state index is 8.96. The van der Waals surface area contributed by atoms with E-state index in [2.05, 4.69) is 37.3 Å². The minimum Gasteiger partial charge on any atom is -0.192 e. The Kier molecular flexibility index (Phi) is 6.50. The molecular formula is C25H29NS2. The highest BCUT2D eigenvalue weighted by molar-refractivity contribution is 7.29. The van der Waals surface area contributed by atoms with Crippen molar-refractivity contribution < 1.29 is 0 Å². The summed E-state index contributed by atoms with van der Waals surface area (Å²) in [5.74, 6) is 1.97. The van der Waals surface area contributed by atoms with E-state index in [1.165, 1.54) is 77.6 Å². The van der Waals surface area contributed by atoms with Crippen molar-refractivity contribution in [2.24, 2.45) is 11.8 Å². The van der Waals surface area contributed by atoms with Crippen LogP contribution in [0.15, 0.2) is 36.4 Å².